The molecule has 0 radical (unpaired) electrons. The molecule has 0 aromatic heterocycles. The number of aryl methyl sites for hydroxylation is 1. The van der Waals surface area contributed by atoms with Gasteiger partial charge in [-0.3, -0.25) is 19.3 Å². The van der Waals surface area contributed by atoms with Gasteiger partial charge in [-0.15, -0.1) is 0 Å². The van der Waals surface area contributed by atoms with Crippen molar-refractivity contribution in [2.45, 2.75) is 90.0 Å². The summed E-state index contributed by atoms with van der Waals surface area (Å²) in [5.74, 6) is -1.36. The van der Waals surface area contributed by atoms with Crippen LogP contribution in [0.2, 0.25) is 0 Å². The second-order valence-electron chi connectivity index (χ2n) is 11.9. The normalized spacial score (nSPS) is 20.0. The topological polar surface area (TPSA) is 111 Å². The van der Waals surface area contributed by atoms with Crippen LogP contribution >= 0.6 is 8.46 Å². The van der Waals surface area contributed by atoms with Gasteiger partial charge in [0.15, 0.2) is 5.41 Å². The van der Waals surface area contributed by atoms with Crippen molar-refractivity contribution >= 4 is 31.9 Å². The summed E-state index contributed by atoms with van der Waals surface area (Å²) in [7, 11) is -1.07. The van der Waals surface area contributed by atoms with E-state index in [4.69, 9.17) is 14.2 Å². The van der Waals surface area contributed by atoms with E-state index < -0.39 is 48.8 Å². The predicted molar refractivity (Wildman–Crippen MR) is 160 cm³/mol. The van der Waals surface area contributed by atoms with E-state index in [2.05, 4.69) is 5.32 Å². The Morgan fingerprint density at radius 1 is 1.02 bits per heavy atom. The number of esters is 1. The first kappa shape index (κ1) is 31.8. The molecular weight excluding hydrogens is 555 g/mol. The Morgan fingerprint density at radius 2 is 1.69 bits per heavy atom. The number of hydrogen-bond donors (Lipinski definition) is 1. The third-order valence-corrected chi connectivity index (χ3v) is 8.89. The number of ether oxygens (including phenoxy) is 3. The molecule has 0 saturated heterocycles. The maximum atomic E-state index is 14.3. The van der Waals surface area contributed by atoms with E-state index in [9.17, 15) is 18.9 Å². The second-order valence-corrected chi connectivity index (χ2v) is 12.8. The number of para-hydroxylation sites is 1. The summed E-state index contributed by atoms with van der Waals surface area (Å²) in [5, 5.41) is 3.00. The van der Waals surface area contributed by atoms with E-state index >= 15 is 0 Å². The smallest absolute Gasteiger partial charge is 0.392 e. The molecule has 2 aromatic carbocycles. The van der Waals surface area contributed by atoms with Crippen LogP contribution < -0.4 is 10.2 Å². The van der Waals surface area contributed by atoms with Gasteiger partial charge in [-0.2, -0.15) is 0 Å². The van der Waals surface area contributed by atoms with Crippen molar-refractivity contribution in [1.29, 1.82) is 0 Å². The first-order valence-electron chi connectivity index (χ1n) is 14.7. The number of hydrogen-bond acceptors (Lipinski definition) is 7. The van der Waals surface area contributed by atoms with Crippen molar-refractivity contribution in [3.8, 4) is 0 Å². The molecule has 1 heterocycles. The average Bonchev–Trinajstić information content (AvgIpc) is 3.43. The quantitative estimate of drug-likeness (QED) is 0.213. The molecule has 0 bridgehead atoms. The third-order valence-electron chi connectivity index (χ3n) is 7.85. The number of fused-ring (bicyclic) bond motifs is 1. The lowest BCUT2D eigenvalue weighted by atomic mass is 9.83. The number of rotatable bonds is 11. The maximum absolute atomic E-state index is 14.3. The Labute approximate surface area is 249 Å². The summed E-state index contributed by atoms with van der Waals surface area (Å²) in [6, 6.07) is 16.0. The molecule has 9 nitrogen and oxygen atoms in total. The maximum Gasteiger partial charge on any atom is 0.392 e. The molecule has 1 aliphatic heterocycles. The van der Waals surface area contributed by atoms with Crippen LogP contribution in [-0.4, -0.2) is 48.1 Å². The van der Waals surface area contributed by atoms with Crippen LogP contribution in [0.25, 0.3) is 0 Å². The van der Waals surface area contributed by atoms with Crippen molar-refractivity contribution in [1.82, 2.24) is 5.32 Å². The summed E-state index contributed by atoms with van der Waals surface area (Å²) in [6.07, 6.45) is 3.15. The molecule has 226 valence electrons. The van der Waals surface area contributed by atoms with Gasteiger partial charge in [-0.25, -0.2) is 0 Å². The Kier molecular flexibility index (Phi) is 10.2. The Morgan fingerprint density at radius 3 is 2.33 bits per heavy atom. The van der Waals surface area contributed by atoms with Crippen molar-refractivity contribution in [2.75, 3.05) is 18.1 Å². The highest BCUT2D eigenvalue weighted by Crippen LogP contribution is 2.54. The Bertz CT molecular complexity index is 1270. The average molecular weight is 598 g/mol. The first-order chi connectivity index (χ1) is 20.0. The zero-order chi connectivity index (χ0) is 30.4. The van der Waals surface area contributed by atoms with Gasteiger partial charge >= 0.3 is 20.0 Å². The van der Waals surface area contributed by atoms with Crippen molar-refractivity contribution in [3.05, 3.63) is 65.7 Å². The Hall–Kier alpha value is -3.13. The molecule has 4 rings (SSSR count). The lowest BCUT2D eigenvalue weighted by molar-refractivity contribution is -0.240. The summed E-state index contributed by atoms with van der Waals surface area (Å²) < 4.78 is 30.9. The lowest BCUT2D eigenvalue weighted by Crippen LogP contribution is -2.59. The van der Waals surface area contributed by atoms with E-state index in [0.29, 0.717) is 31.4 Å². The molecule has 0 spiro atoms. The SMILES string of the molecule is CCOC(OCc1ccccc1)([PH+]=O)C1(C(=O)NC2CCc3ccccc3N(CC(=O)OC(C)(C)C)C2=O)CCCC1. The van der Waals surface area contributed by atoms with Gasteiger partial charge in [0.25, 0.3) is 0 Å². The molecule has 1 N–H and O–H groups in total. The lowest BCUT2D eigenvalue weighted by Gasteiger charge is -2.38. The van der Waals surface area contributed by atoms with Crippen molar-refractivity contribution < 1.29 is 33.2 Å². The van der Waals surface area contributed by atoms with E-state index in [1.54, 1.807) is 33.8 Å². The minimum atomic E-state index is -1.68. The molecular formula is C32H42N2O7P+. The van der Waals surface area contributed by atoms with Gasteiger partial charge in [-0.1, -0.05) is 65.9 Å². The van der Waals surface area contributed by atoms with Crippen LogP contribution in [0, 0.1) is 5.41 Å². The monoisotopic (exact) mass is 597 g/mol. The number of nitrogens with zero attached hydrogens (tertiary/aromatic N) is 1. The van der Waals surface area contributed by atoms with Gasteiger partial charge in [0.05, 0.1) is 13.2 Å². The number of nitrogens with one attached hydrogen (secondary N) is 1. The number of anilines is 1. The van der Waals surface area contributed by atoms with Gasteiger partial charge in [0.1, 0.15) is 18.2 Å². The van der Waals surface area contributed by atoms with Gasteiger partial charge in [0, 0.05) is 5.69 Å². The fraction of sp³-hybridized carbons (Fsp3) is 0.531. The fourth-order valence-corrected chi connectivity index (χ4v) is 6.83. The summed E-state index contributed by atoms with van der Waals surface area (Å²) >= 11 is 0. The van der Waals surface area contributed by atoms with Crippen LogP contribution in [0.3, 0.4) is 0 Å². The van der Waals surface area contributed by atoms with Crippen LogP contribution in [0.4, 0.5) is 5.69 Å². The Balaban J connectivity index is 1.62. The van der Waals surface area contributed by atoms with E-state index in [-0.39, 0.29) is 19.8 Å². The largest absolute Gasteiger partial charge is 0.459 e. The molecule has 3 unspecified atom stereocenters. The minimum absolute atomic E-state index is 0.118. The predicted octanol–water partition coefficient (Wildman–Crippen LogP) is 5.28. The summed E-state index contributed by atoms with van der Waals surface area (Å²) in [5.41, 5.74) is -1.26. The fourth-order valence-electron chi connectivity index (χ4n) is 5.93. The standard InChI is InChI=1S/C32H41N2O7P/c1-5-39-32(42-38,40-22-23-13-7-6-8-14-23)31(19-11-12-20-31)29(37)33-25-18-17-24-15-9-10-16-26(24)34(28(25)36)21-27(35)41-30(2,3)4/h6-10,13-16,25H,5,11-12,17-22H2,1-4H3,(H,33,37)/p+1. The third kappa shape index (κ3) is 6.91. The van der Waals surface area contributed by atoms with Crippen LogP contribution in [-0.2, 0) is 46.2 Å². The van der Waals surface area contributed by atoms with Gasteiger partial charge < -0.3 is 19.5 Å². The number of amides is 2. The van der Waals surface area contributed by atoms with Crippen molar-refractivity contribution in [3.63, 3.8) is 0 Å². The van der Waals surface area contributed by atoms with E-state index in [0.717, 1.165) is 24.0 Å². The highest BCUT2D eigenvalue weighted by atomic mass is 31.1. The molecule has 1 fully saturated rings. The molecule has 2 aromatic rings. The van der Waals surface area contributed by atoms with Gasteiger partial charge in [-0.05, 0) is 70.6 Å². The summed E-state index contributed by atoms with van der Waals surface area (Å²) in [6.45, 7) is 7.13. The van der Waals surface area contributed by atoms with Gasteiger partial charge in [0.2, 0.25) is 11.8 Å². The molecule has 2 amide bonds. The zero-order valence-electron chi connectivity index (χ0n) is 24.9. The zero-order valence-corrected chi connectivity index (χ0v) is 25.9. The van der Waals surface area contributed by atoms with Crippen LogP contribution in [0.5, 0.6) is 0 Å². The van der Waals surface area contributed by atoms with Crippen molar-refractivity contribution in [2.24, 2.45) is 5.41 Å². The molecule has 10 heteroatoms. The van der Waals surface area contributed by atoms with E-state index in [1.807, 2.05) is 48.5 Å². The number of carbonyl (C=O) groups is 3. The highest BCUT2D eigenvalue weighted by molar-refractivity contribution is 7.25. The molecule has 1 aliphatic carbocycles. The molecule has 3 atom stereocenters. The molecule has 2 aliphatic rings. The summed E-state index contributed by atoms with van der Waals surface area (Å²) in [4.78, 5) is 42.6. The van der Waals surface area contributed by atoms with E-state index in [1.165, 1.54) is 4.90 Å². The number of benzene rings is 2. The van der Waals surface area contributed by atoms with Crippen LogP contribution in [0.1, 0.15) is 70.9 Å². The highest BCUT2D eigenvalue weighted by Gasteiger charge is 2.67. The molecule has 42 heavy (non-hydrogen) atoms. The first-order valence-corrected chi connectivity index (χ1v) is 15.6. The molecule has 1 saturated carbocycles. The number of carbonyl (C=O) groups excluding carboxylic acids is 3. The minimum Gasteiger partial charge on any atom is -0.459 e. The second kappa shape index (κ2) is 13.4. The van der Waals surface area contributed by atoms with Crippen LogP contribution in [0.15, 0.2) is 54.6 Å².